The van der Waals surface area contributed by atoms with Crippen molar-refractivity contribution in [3.63, 3.8) is 0 Å². The highest BCUT2D eigenvalue weighted by Crippen LogP contribution is 2.23. The maximum atomic E-state index is 12.5. The predicted octanol–water partition coefficient (Wildman–Crippen LogP) is 1.88. The van der Waals surface area contributed by atoms with Crippen LogP contribution in [-0.4, -0.2) is 36.5 Å². The molecule has 0 saturated carbocycles. The quantitative estimate of drug-likeness (QED) is 0.756. The van der Waals surface area contributed by atoms with Gasteiger partial charge in [0.1, 0.15) is 0 Å². The van der Waals surface area contributed by atoms with Crippen molar-refractivity contribution in [3.8, 4) is 0 Å². The molecule has 2 rings (SSSR count). The summed E-state index contributed by atoms with van der Waals surface area (Å²) in [4.78, 5) is 14.5. The molecule has 98 valence electrons. The molecule has 0 aliphatic carbocycles. The van der Waals surface area contributed by atoms with Gasteiger partial charge in [-0.3, -0.25) is 4.79 Å². The highest BCUT2D eigenvalue weighted by atomic mass is 16.2. The van der Waals surface area contributed by atoms with Crippen molar-refractivity contribution < 1.29 is 4.79 Å². The summed E-state index contributed by atoms with van der Waals surface area (Å²) in [5.41, 5.74) is 0. The molecule has 2 saturated heterocycles. The molecule has 4 unspecified atom stereocenters. The van der Waals surface area contributed by atoms with Crippen LogP contribution in [0.2, 0.25) is 0 Å². The number of carbonyl (C=O) groups is 1. The first-order valence-electron chi connectivity index (χ1n) is 7.08. The van der Waals surface area contributed by atoms with Gasteiger partial charge in [-0.1, -0.05) is 20.8 Å². The lowest BCUT2D eigenvalue weighted by molar-refractivity contribution is -0.137. The van der Waals surface area contributed by atoms with E-state index in [9.17, 15) is 4.79 Å². The molecule has 0 aromatic rings. The Bertz CT molecular complexity index is 269. The lowest BCUT2D eigenvalue weighted by atomic mass is 9.89. The summed E-state index contributed by atoms with van der Waals surface area (Å²) in [6.07, 6.45) is 3.48. The average molecular weight is 238 g/mol. The summed E-state index contributed by atoms with van der Waals surface area (Å²) in [6, 6.07) is 0.0799. The Morgan fingerprint density at radius 2 is 1.71 bits per heavy atom. The monoisotopic (exact) mass is 238 g/mol. The van der Waals surface area contributed by atoms with Crippen LogP contribution in [-0.2, 0) is 4.79 Å². The van der Waals surface area contributed by atoms with E-state index in [2.05, 4.69) is 31.0 Å². The molecule has 2 aliphatic rings. The molecular weight excluding hydrogens is 212 g/mol. The minimum Gasteiger partial charge on any atom is -0.341 e. The number of hydrogen-bond acceptors (Lipinski definition) is 2. The fraction of sp³-hybridized carbons (Fsp3) is 0.929. The number of hydrogen-bond donors (Lipinski definition) is 1. The van der Waals surface area contributed by atoms with E-state index in [0.717, 1.165) is 26.1 Å². The Morgan fingerprint density at radius 3 is 2.29 bits per heavy atom. The van der Waals surface area contributed by atoms with Gasteiger partial charge in [0.05, 0.1) is 6.04 Å². The molecule has 4 atom stereocenters. The summed E-state index contributed by atoms with van der Waals surface area (Å²) in [5, 5.41) is 3.39. The second kappa shape index (κ2) is 5.38. The van der Waals surface area contributed by atoms with E-state index < -0.39 is 0 Å². The average Bonchev–Trinajstić information content (AvgIpc) is 2.26. The molecule has 3 heteroatoms. The number of piperidine rings is 2. The number of amides is 1. The topological polar surface area (TPSA) is 32.3 Å². The van der Waals surface area contributed by atoms with Crippen LogP contribution < -0.4 is 5.32 Å². The van der Waals surface area contributed by atoms with E-state index >= 15 is 0 Å². The Kier molecular flexibility index (Phi) is 4.08. The maximum Gasteiger partial charge on any atom is 0.239 e. The normalized spacial score (nSPS) is 39.1. The summed E-state index contributed by atoms with van der Waals surface area (Å²) >= 11 is 0. The number of likely N-dealkylation sites (tertiary alicyclic amines) is 1. The minimum atomic E-state index is 0.0799. The predicted molar refractivity (Wildman–Crippen MR) is 69.7 cm³/mol. The van der Waals surface area contributed by atoms with Crippen LogP contribution in [0.4, 0.5) is 0 Å². The van der Waals surface area contributed by atoms with Gasteiger partial charge < -0.3 is 10.2 Å². The summed E-state index contributed by atoms with van der Waals surface area (Å²) in [6.45, 7) is 9.67. The number of nitrogens with one attached hydrogen (secondary N) is 1. The van der Waals surface area contributed by atoms with E-state index in [4.69, 9.17) is 0 Å². The zero-order valence-corrected chi connectivity index (χ0v) is 11.4. The maximum absolute atomic E-state index is 12.5. The summed E-state index contributed by atoms with van der Waals surface area (Å²) in [5.74, 6) is 2.34. The van der Waals surface area contributed by atoms with Gasteiger partial charge in [0.25, 0.3) is 0 Å². The second-order valence-electron chi connectivity index (χ2n) is 6.33. The molecular formula is C14H26N2O. The lowest BCUT2D eigenvalue weighted by Crippen LogP contribution is -2.53. The number of nitrogens with zero attached hydrogens (tertiary/aromatic N) is 1. The third kappa shape index (κ3) is 3.21. The SMILES string of the molecule is CC1CCNC(C(=O)N2CC(C)CC(C)C2)C1. The first-order chi connectivity index (χ1) is 8.06. The van der Waals surface area contributed by atoms with Crippen molar-refractivity contribution in [3.05, 3.63) is 0 Å². The van der Waals surface area contributed by atoms with Crippen molar-refractivity contribution in [2.45, 2.75) is 46.1 Å². The molecule has 0 radical (unpaired) electrons. The number of rotatable bonds is 1. The number of carbonyl (C=O) groups excluding carboxylic acids is 1. The molecule has 3 nitrogen and oxygen atoms in total. The third-order valence-electron chi connectivity index (χ3n) is 4.14. The smallest absolute Gasteiger partial charge is 0.239 e. The summed E-state index contributed by atoms with van der Waals surface area (Å²) in [7, 11) is 0. The van der Waals surface area contributed by atoms with E-state index in [-0.39, 0.29) is 6.04 Å². The van der Waals surface area contributed by atoms with Crippen molar-refractivity contribution in [1.29, 1.82) is 0 Å². The zero-order chi connectivity index (χ0) is 12.4. The summed E-state index contributed by atoms with van der Waals surface area (Å²) < 4.78 is 0. The van der Waals surface area contributed by atoms with Gasteiger partial charge in [-0.2, -0.15) is 0 Å². The highest BCUT2D eigenvalue weighted by Gasteiger charge is 2.32. The Balaban J connectivity index is 1.94. The minimum absolute atomic E-state index is 0.0799. The van der Waals surface area contributed by atoms with E-state index in [1.807, 2.05) is 0 Å². The first kappa shape index (κ1) is 12.9. The highest BCUT2D eigenvalue weighted by molar-refractivity contribution is 5.82. The fourth-order valence-corrected chi connectivity index (χ4v) is 3.36. The van der Waals surface area contributed by atoms with E-state index in [0.29, 0.717) is 23.7 Å². The second-order valence-corrected chi connectivity index (χ2v) is 6.33. The van der Waals surface area contributed by atoms with Gasteiger partial charge in [0.15, 0.2) is 0 Å². The Hall–Kier alpha value is -0.570. The molecule has 1 amide bonds. The first-order valence-corrected chi connectivity index (χ1v) is 7.08. The Labute approximate surface area is 105 Å². The molecule has 0 bridgehead atoms. The van der Waals surface area contributed by atoms with E-state index in [1.165, 1.54) is 12.8 Å². The molecule has 0 aromatic heterocycles. The molecule has 0 aromatic carbocycles. The van der Waals surface area contributed by atoms with Gasteiger partial charge >= 0.3 is 0 Å². The molecule has 2 fully saturated rings. The van der Waals surface area contributed by atoms with Crippen LogP contribution in [0.1, 0.15) is 40.0 Å². The van der Waals surface area contributed by atoms with E-state index in [1.54, 1.807) is 0 Å². The van der Waals surface area contributed by atoms with Gasteiger partial charge in [-0.25, -0.2) is 0 Å². The Morgan fingerprint density at radius 1 is 1.06 bits per heavy atom. The van der Waals surface area contributed by atoms with Gasteiger partial charge in [0.2, 0.25) is 5.91 Å². The molecule has 1 N–H and O–H groups in total. The molecule has 0 spiro atoms. The van der Waals surface area contributed by atoms with Crippen LogP contribution in [0.3, 0.4) is 0 Å². The van der Waals surface area contributed by atoms with Crippen LogP contribution in [0.15, 0.2) is 0 Å². The van der Waals surface area contributed by atoms with Crippen LogP contribution >= 0.6 is 0 Å². The van der Waals surface area contributed by atoms with Crippen LogP contribution in [0.5, 0.6) is 0 Å². The van der Waals surface area contributed by atoms with Crippen LogP contribution in [0, 0.1) is 17.8 Å². The van der Waals surface area contributed by atoms with Gasteiger partial charge in [-0.05, 0) is 43.6 Å². The van der Waals surface area contributed by atoms with Crippen molar-refractivity contribution in [2.75, 3.05) is 19.6 Å². The zero-order valence-electron chi connectivity index (χ0n) is 11.4. The van der Waals surface area contributed by atoms with Crippen LogP contribution in [0.25, 0.3) is 0 Å². The van der Waals surface area contributed by atoms with Crippen molar-refractivity contribution in [2.24, 2.45) is 17.8 Å². The van der Waals surface area contributed by atoms with Crippen molar-refractivity contribution in [1.82, 2.24) is 10.2 Å². The lowest BCUT2D eigenvalue weighted by Gasteiger charge is -2.38. The third-order valence-corrected chi connectivity index (χ3v) is 4.14. The standard InChI is InChI=1S/C14H26N2O/c1-10-4-5-15-13(7-10)14(17)16-8-11(2)6-12(3)9-16/h10-13,15H,4-9H2,1-3H3. The largest absolute Gasteiger partial charge is 0.341 e. The molecule has 2 aliphatic heterocycles. The fourth-order valence-electron chi connectivity index (χ4n) is 3.36. The molecule has 2 heterocycles. The molecule has 17 heavy (non-hydrogen) atoms. The van der Waals surface area contributed by atoms with Gasteiger partial charge in [-0.15, -0.1) is 0 Å². The van der Waals surface area contributed by atoms with Crippen molar-refractivity contribution >= 4 is 5.91 Å². The van der Waals surface area contributed by atoms with Gasteiger partial charge in [0, 0.05) is 13.1 Å².